The summed E-state index contributed by atoms with van der Waals surface area (Å²) >= 11 is 12.1. The Morgan fingerprint density at radius 1 is 1.17 bits per heavy atom. The average Bonchev–Trinajstić information content (AvgIpc) is 3.03. The van der Waals surface area contributed by atoms with Crippen LogP contribution in [0.25, 0.3) is 0 Å². The van der Waals surface area contributed by atoms with Gasteiger partial charge in [0.2, 0.25) is 5.95 Å². The molecule has 0 saturated heterocycles. The quantitative estimate of drug-likeness (QED) is 0.837. The van der Waals surface area contributed by atoms with Gasteiger partial charge in [0.05, 0.1) is 10.7 Å². The van der Waals surface area contributed by atoms with Crippen molar-refractivity contribution < 1.29 is 4.79 Å². The van der Waals surface area contributed by atoms with Crippen molar-refractivity contribution in [2.45, 2.75) is 38.6 Å². The topological polar surface area (TPSA) is 66.9 Å². The van der Waals surface area contributed by atoms with Crippen LogP contribution in [0.5, 0.6) is 0 Å². The number of benzene rings is 1. The molecule has 0 radical (unpaired) electrons. The van der Waals surface area contributed by atoms with Gasteiger partial charge in [-0.15, -0.1) is 0 Å². The highest BCUT2D eigenvalue weighted by Gasteiger charge is 2.19. The Bertz CT molecular complexity index is 760. The fourth-order valence-corrected chi connectivity index (χ4v) is 3.12. The second-order valence-corrected chi connectivity index (χ2v) is 6.77. The maximum Gasteiger partial charge on any atom is 0.270 e. The van der Waals surface area contributed by atoms with Crippen LogP contribution in [0.3, 0.4) is 0 Å². The molecule has 1 saturated carbocycles. The van der Waals surface area contributed by atoms with Crippen LogP contribution in [0.15, 0.2) is 24.3 Å². The standard InChI is InChI=1S/C17H18Cl2N4O/c1-10-8-15(16(24)21-12-4-2-3-5-12)23-17(20-10)22-14-9-11(18)6-7-13(14)19/h6-9,12H,2-5H2,1H3,(H,21,24)(H,20,22,23). The Labute approximate surface area is 150 Å². The number of hydrogen-bond acceptors (Lipinski definition) is 4. The van der Waals surface area contributed by atoms with E-state index in [1.54, 1.807) is 24.3 Å². The second kappa shape index (κ2) is 7.36. The van der Waals surface area contributed by atoms with Crippen molar-refractivity contribution in [1.82, 2.24) is 15.3 Å². The summed E-state index contributed by atoms with van der Waals surface area (Å²) in [7, 11) is 0. The van der Waals surface area contributed by atoms with E-state index in [-0.39, 0.29) is 11.9 Å². The van der Waals surface area contributed by atoms with Gasteiger partial charge in [-0.2, -0.15) is 0 Å². The molecular formula is C17H18Cl2N4O. The van der Waals surface area contributed by atoms with Gasteiger partial charge in [-0.25, -0.2) is 9.97 Å². The Hall–Kier alpha value is -1.85. The Morgan fingerprint density at radius 3 is 2.67 bits per heavy atom. The molecule has 1 aromatic carbocycles. The Balaban J connectivity index is 1.80. The van der Waals surface area contributed by atoms with Crippen LogP contribution in [0.1, 0.15) is 41.9 Å². The van der Waals surface area contributed by atoms with E-state index in [9.17, 15) is 4.79 Å². The minimum absolute atomic E-state index is 0.173. The van der Waals surface area contributed by atoms with E-state index in [0.29, 0.717) is 33.1 Å². The highest BCUT2D eigenvalue weighted by molar-refractivity contribution is 6.35. The van der Waals surface area contributed by atoms with Crippen molar-refractivity contribution >= 4 is 40.7 Å². The van der Waals surface area contributed by atoms with Crippen LogP contribution >= 0.6 is 23.2 Å². The van der Waals surface area contributed by atoms with Gasteiger partial charge in [-0.3, -0.25) is 4.79 Å². The van der Waals surface area contributed by atoms with Gasteiger partial charge in [0.15, 0.2) is 0 Å². The predicted octanol–water partition coefficient (Wildman–Crippen LogP) is 4.51. The van der Waals surface area contributed by atoms with E-state index >= 15 is 0 Å². The number of nitrogens with one attached hydrogen (secondary N) is 2. The highest BCUT2D eigenvalue weighted by atomic mass is 35.5. The van der Waals surface area contributed by atoms with Crippen molar-refractivity contribution in [1.29, 1.82) is 0 Å². The molecule has 126 valence electrons. The van der Waals surface area contributed by atoms with Crippen LogP contribution in [-0.4, -0.2) is 21.9 Å². The molecule has 0 unspecified atom stereocenters. The molecule has 2 aromatic rings. The minimum Gasteiger partial charge on any atom is -0.348 e. The highest BCUT2D eigenvalue weighted by Crippen LogP contribution is 2.27. The number of anilines is 2. The van der Waals surface area contributed by atoms with Gasteiger partial charge < -0.3 is 10.6 Å². The smallest absolute Gasteiger partial charge is 0.270 e. The minimum atomic E-state index is -0.173. The zero-order valence-corrected chi connectivity index (χ0v) is 14.8. The van der Waals surface area contributed by atoms with Crippen LogP contribution in [0.2, 0.25) is 10.0 Å². The first-order chi connectivity index (χ1) is 11.5. The first-order valence-electron chi connectivity index (χ1n) is 7.90. The van der Waals surface area contributed by atoms with Crippen molar-refractivity contribution in [2.24, 2.45) is 0 Å². The third kappa shape index (κ3) is 4.16. The summed E-state index contributed by atoms with van der Waals surface area (Å²) in [5.41, 5.74) is 1.63. The van der Waals surface area contributed by atoms with Crippen LogP contribution in [0, 0.1) is 6.92 Å². The molecule has 3 rings (SSSR count). The van der Waals surface area contributed by atoms with Gasteiger partial charge in [0.25, 0.3) is 5.91 Å². The summed E-state index contributed by atoms with van der Waals surface area (Å²) in [6, 6.07) is 7.00. The molecule has 1 amide bonds. The lowest BCUT2D eigenvalue weighted by Crippen LogP contribution is -2.33. The number of aromatic nitrogens is 2. The lowest BCUT2D eigenvalue weighted by atomic mass is 10.2. The Kier molecular flexibility index (Phi) is 5.21. The zero-order chi connectivity index (χ0) is 17.1. The molecular weight excluding hydrogens is 347 g/mol. The molecule has 1 aliphatic rings. The van der Waals surface area contributed by atoms with Crippen molar-refractivity contribution in [2.75, 3.05) is 5.32 Å². The van der Waals surface area contributed by atoms with E-state index < -0.39 is 0 Å². The number of carbonyl (C=O) groups excluding carboxylic acids is 1. The summed E-state index contributed by atoms with van der Waals surface area (Å²) < 4.78 is 0. The first kappa shape index (κ1) is 17.0. The molecule has 1 heterocycles. The van der Waals surface area contributed by atoms with Crippen LogP contribution < -0.4 is 10.6 Å². The maximum atomic E-state index is 12.4. The number of rotatable bonds is 4. The van der Waals surface area contributed by atoms with E-state index in [1.807, 2.05) is 6.92 Å². The largest absolute Gasteiger partial charge is 0.348 e. The fourth-order valence-electron chi connectivity index (χ4n) is 2.78. The molecule has 1 fully saturated rings. The van der Waals surface area contributed by atoms with Gasteiger partial charge >= 0.3 is 0 Å². The summed E-state index contributed by atoms with van der Waals surface area (Å²) in [5.74, 6) is 0.142. The van der Waals surface area contributed by atoms with Crippen molar-refractivity contribution in [3.8, 4) is 0 Å². The Morgan fingerprint density at radius 2 is 1.92 bits per heavy atom. The van der Waals surface area contributed by atoms with Gasteiger partial charge in [-0.05, 0) is 44.0 Å². The van der Waals surface area contributed by atoms with Crippen LogP contribution in [0.4, 0.5) is 11.6 Å². The molecule has 1 aliphatic carbocycles. The normalized spacial score (nSPS) is 14.6. The monoisotopic (exact) mass is 364 g/mol. The van der Waals surface area contributed by atoms with Crippen molar-refractivity contribution in [3.63, 3.8) is 0 Å². The summed E-state index contributed by atoms with van der Waals surface area (Å²) in [6.07, 6.45) is 4.37. The van der Waals surface area contributed by atoms with Gasteiger partial charge in [0.1, 0.15) is 5.69 Å². The van der Waals surface area contributed by atoms with E-state index in [1.165, 1.54) is 0 Å². The lowest BCUT2D eigenvalue weighted by Gasteiger charge is -2.13. The van der Waals surface area contributed by atoms with Gasteiger partial charge in [-0.1, -0.05) is 36.0 Å². The molecule has 1 aromatic heterocycles. The molecule has 24 heavy (non-hydrogen) atoms. The molecule has 2 N–H and O–H groups in total. The first-order valence-corrected chi connectivity index (χ1v) is 8.65. The van der Waals surface area contributed by atoms with E-state index in [4.69, 9.17) is 23.2 Å². The van der Waals surface area contributed by atoms with E-state index in [0.717, 1.165) is 25.7 Å². The number of carbonyl (C=O) groups is 1. The zero-order valence-electron chi connectivity index (χ0n) is 13.3. The number of amides is 1. The molecule has 0 spiro atoms. The van der Waals surface area contributed by atoms with Crippen molar-refractivity contribution in [3.05, 3.63) is 45.7 Å². The predicted molar refractivity (Wildman–Crippen MR) is 96.2 cm³/mol. The van der Waals surface area contributed by atoms with Crippen LogP contribution in [-0.2, 0) is 0 Å². The molecule has 0 aliphatic heterocycles. The molecule has 5 nitrogen and oxygen atoms in total. The van der Waals surface area contributed by atoms with E-state index in [2.05, 4.69) is 20.6 Å². The number of aryl methyl sites for hydroxylation is 1. The second-order valence-electron chi connectivity index (χ2n) is 5.92. The summed E-state index contributed by atoms with van der Waals surface area (Å²) in [5, 5.41) is 7.11. The molecule has 0 atom stereocenters. The third-order valence-corrected chi connectivity index (χ3v) is 4.52. The maximum absolute atomic E-state index is 12.4. The number of hydrogen-bond donors (Lipinski definition) is 2. The fraction of sp³-hybridized carbons (Fsp3) is 0.353. The number of nitrogens with zero attached hydrogens (tertiary/aromatic N) is 2. The van der Waals surface area contributed by atoms with Gasteiger partial charge in [0, 0.05) is 16.8 Å². The average molecular weight is 365 g/mol. The summed E-state index contributed by atoms with van der Waals surface area (Å²) in [6.45, 7) is 1.82. The third-order valence-electron chi connectivity index (χ3n) is 3.95. The molecule has 7 heteroatoms. The molecule has 0 bridgehead atoms. The lowest BCUT2D eigenvalue weighted by molar-refractivity contribution is 0.0932. The SMILES string of the molecule is Cc1cc(C(=O)NC2CCCC2)nc(Nc2cc(Cl)ccc2Cl)n1. The number of halogens is 2. The summed E-state index contributed by atoms with van der Waals surface area (Å²) in [4.78, 5) is 21.0.